The fourth-order valence-corrected chi connectivity index (χ4v) is 5.64. The Balaban J connectivity index is 1.58. The van der Waals surface area contributed by atoms with E-state index in [1.165, 1.54) is 10.9 Å². The minimum absolute atomic E-state index is 0.107. The van der Waals surface area contributed by atoms with Gasteiger partial charge in [-0.15, -0.1) is 0 Å². The van der Waals surface area contributed by atoms with Crippen LogP contribution in [0.25, 0.3) is 11.1 Å². The Bertz CT molecular complexity index is 1390. The van der Waals surface area contributed by atoms with Crippen molar-refractivity contribution in [3.63, 3.8) is 0 Å². The van der Waals surface area contributed by atoms with Crippen LogP contribution in [-0.4, -0.2) is 37.3 Å². The van der Waals surface area contributed by atoms with E-state index in [9.17, 15) is 18.0 Å². The Morgan fingerprint density at radius 2 is 1.84 bits per heavy atom. The van der Waals surface area contributed by atoms with E-state index in [0.29, 0.717) is 23.5 Å². The Kier molecular flexibility index (Phi) is 6.97. The normalized spacial score (nSPS) is 21.8. The summed E-state index contributed by atoms with van der Waals surface area (Å²) in [5, 5.41) is 12.0. The van der Waals surface area contributed by atoms with Gasteiger partial charge in [0.1, 0.15) is 5.75 Å². The molecular formula is C27H33F3N6O2. The highest BCUT2D eigenvalue weighted by atomic mass is 19.4. The van der Waals surface area contributed by atoms with Gasteiger partial charge in [0, 0.05) is 49.4 Å². The fraction of sp³-hybridized carbons (Fsp3) is 0.519. The number of nitrogens with zero attached hydrogens (tertiary/aromatic N) is 4. The molecular weight excluding hydrogens is 497 g/mol. The standard InChI is InChI=1S/C27H33F3N6O2/c1-3-36-14-22(25(33-36)27(28,29)30)20-11-17(13-35-9-8-34(2)26(35)32)12-21-23(37)18(15-38-24(20)21)10-16-4-6-19(31)7-5-16/h8-9,11-12,14,16,18-19,32H,3-7,10,13,15,31H2,1-2H3/t16?,18-,19?/m1/s1. The van der Waals surface area contributed by atoms with Crippen molar-refractivity contribution in [2.24, 2.45) is 24.6 Å². The SMILES string of the molecule is CCn1cc(-c2cc(Cn3ccn(C)c3=N)cc3c2OC[C@@H](CC2CCC(N)CC2)C3=O)c(C(F)(F)F)n1. The topological polar surface area (TPSA) is 104 Å². The largest absolute Gasteiger partial charge is 0.491 e. The minimum atomic E-state index is -4.68. The zero-order chi connectivity index (χ0) is 27.2. The van der Waals surface area contributed by atoms with Gasteiger partial charge in [0.15, 0.2) is 11.5 Å². The lowest BCUT2D eigenvalue weighted by Gasteiger charge is -2.32. The van der Waals surface area contributed by atoms with Gasteiger partial charge in [0.25, 0.3) is 0 Å². The van der Waals surface area contributed by atoms with Crippen molar-refractivity contribution >= 4 is 5.78 Å². The first-order chi connectivity index (χ1) is 18.0. The van der Waals surface area contributed by atoms with Crippen molar-refractivity contribution in [3.05, 3.63) is 53.2 Å². The highest BCUT2D eigenvalue weighted by Gasteiger charge is 2.40. The lowest BCUT2D eigenvalue weighted by molar-refractivity contribution is -0.141. The van der Waals surface area contributed by atoms with Gasteiger partial charge in [-0.3, -0.25) is 14.9 Å². The molecule has 11 heteroatoms. The number of halogens is 3. The number of aromatic nitrogens is 4. The molecule has 0 amide bonds. The van der Waals surface area contributed by atoms with Crippen LogP contribution in [-0.2, 0) is 26.3 Å². The molecule has 0 bridgehead atoms. The summed E-state index contributed by atoms with van der Waals surface area (Å²) in [6.45, 7) is 2.34. The van der Waals surface area contributed by atoms with Gasteiger partial charge >= 0.3 is 6.18 Å². The van der Waals surface area contributed by atoms with Crippen molar-refractivity contribution < 1.29 is 22.7 Å². The molecule has 3 aromatic rings. The summed E-state index contributed by atoms with van der Waals surface area (Å²) in [4.78, 5) is 13.8. The van der Waals surface area contributed by atoms with E-state index < -0.39 is 11.9 Å². The molecule has 1 aliphatic heterocycles. The number of ether oxygens (including phenoxy) is 1. The van der Waals surface area contributed by atoms with Gasteiger partial charge in [-0.2, -0.15) is 18.3 Å². The van der Waals surface area contributed by atoms with Crippen molar-refractivity contribution in [1.82, 2.24) is 18.9 Å². The van der Waals surface area contributed by atoms with Crippen LogP contribution >= 0.6 is 0 Å². The fourth-order valence-electron chi connectivity index (χ4n) is 5.64. The second-order valence-corrected chi connectivity index (χ2v) is 10.5. The van der Waals surface area contributed by atoms with E-state index in [-0.39, 0.29) is 59.9 Å². The van der Waals surface area contributed by atoms with Gasteiger partial charge in [-0.25, -0.2) is 0 Å². The van der Waals surface area contributed by atoms with Crippen LogP contribution < -0.4 is 16.1 Å². The predicted octanol–water partition coefficient (Wildman–Crippen LogP) is 4.36. The molecule has 1 atom stereocenters. The highest BCUT2D eigenvalue weighted by Crippen LogP contribution is 2.44. The molecule has 2 aliphatic rings. The summed E-state index contributed by atoms with van der Waals surface area (Å²) >= 11 is 0. The lowest BCUT2D eigenvalue weighted by atomic mass is 9.78. The molecule has 1 aromatic carbocycles. The zero-order valence-corrected chi connectivity index (χ0v) is 21.6. The number of imidazole rings is 1. The van der Waals surface area contributed by atoms with Crippen LogP contribution in [0.4, 0.5) is 13.2 Å². The maximum absolute atomic E-state index is 14.0. The Morgan fingerprint density at radius 3 is 2.47 bits per heavy atom. The van der Waals surface area contributed by atoms with Gasteiger partial charge in [-0.05, 0) is 62.6 Å². The molecule has 1 saturated carbocycles. The number of aryl methyl sites for hydroxylation is 2. The summed E-state index contributed by atoms with van der Waals surface area (Å²) in [7, 11) is 1.74. The number of hydrogen-bond acceptors (Lipinski definition) is 5. The van der Waals surface area contributed by atoms with Crippen LogP contribution in [0.1, 0.15) is 60.6 Å². The molecule has 5 rings (SSSR count). The number of nitrogens with one attached hydrogen (secondary N) is 1. The number of fused-ring (bicyclic) bond motifs is 1. The minimum Gasteiger partial charge on any atom is -0.491 e. The van der Waals surface area contributed by atoms with Gasteiger partial charge < -0.3 is 19.6 Å². The number of carbonyl (C=O) groups is 1. The van der Waals surface area contributed by atoms with E-state index in [1.807, 2.05) is 0 Å². The summed E-state index contributed by atoms with van der Waals surface area (Å²) < 4.78 is 52.7. The third-order valence-corrected chi connectivity index (χ3v) is 7.80. The van der Waals surface area contributed by atoms with Crippen LogP contribution in [0.5, 0.6) is 5.75 Å². The van der Waals surface area contributed by atoms with Crippen LogP contribution in [0.2, 0.25) is 0 Å². The van der Waals surface area contributed by atoms with E-state index in [0.717, 1.165) is 25.7 Å². The summed E-state index contributed by atoms with van der Waals surface area (Å²) in [5.41, 5.74) is 6.25. The summed E-state index contributed by atoms with van der Waals surface area (Å²) in [6.07, 6.45) is 4.61. The van der Waals surface area contributed by atoms with Gasteiger partial charge in [0.05, 0.1) is 24.6 Å². The zero-order valence-electron chi connectivity index (χ0n) is 21.6. The monoisotopic (exact) mass is 530 g/mol. The molecule has 1 fully saturated rings. The molecule has 0 radical (unpaired) electrons. The molecule has 38 heavy (non-hydrogen) atoms. The third-order valence-electron chi connectivity index (χ3n) is 7.80. The molecule has 8 nitrogen and oxygen atoms in total. The number of hydrogen-bond donors (Lipinski definition) is 2. The maximum atomic E-state index is 14.0. The Morgan fingerprint density at radius 1 is 1.13 bits per heavy atom. The van der Waals surface area contributed by atoms with E-state index in [4.69, 9.17) is 15.9 Å². The van der Waals surface area contributed by atoms with Gasteiger partial charge in [-0.1, -0.05) is 0 Å². The second kappa shape index (κ2) is 10.1. The summed E-state index contributed by atoms with van der Waals surface area (Å²) in [5.74, 6) is 0.0826. The molecule has 2 aromatic heterocycles. The number of Topliss-reactive ketones (excluding diaryl/α,β-unsaturated/α-hetero) is 1. The second-order valence-electron chi connectivity index (χ2n) is 10.5. The van der Waals surface area contributed by atoms with Crippen LogP contribution in [0.3, 0.4) is 0 Å². The maximum Gasteiger partial charge on any atom is 0.435 e. The quantitative estimate of drug-likeness (QED) is 0.494. The van der Waals surface area contributed by atoms with Crippen molar-refractivity contribution in [3.8, 4) is 16.9 Å². The number of nitrogens with two attached hydrogens (primary N) is 1. The first-order valence-corrected chi connectivity index (χ1v) is 13.1. The number of carbonyl (C=O) groups excluding carboxylic acids is 1. The van der Waals surface area contributed by atoms with E-state index in [2.05, 4.69) is 5.10 Å². The molecule has 0 unspecified atom stereocenters. The smallest absolute Gasteiger partial charge is 0.435 e. The first kappa shape index (κ1) is 26.3. The lowest BCUT2D eigenvalue weighted by Crippen LogP contribution is -2.33. The Hall–Kier alpha value is -3.34. The van der Waals surface area contributed by atoms with Crippen LogP contribution in [0.15, 0.2) is 30.7 Å². The molecule has 0 saturated heterocycles. The van der Waals surface area contributed by atoms with Gasteiger partial charge in [0.2, 0.25) is 5.62 Å². The molecule has 1 aliphatic carbocycles. The van der Waals surface area contributed by atoms with Crippen molar-refractivity contribution in [1.29, 1.82) is 5.41 Å². The van der Waals surface area contributed by atoms with Crippen LogP contribution in [0, 0.1) is 17.2 Å². The predicted molar refractivity (Wildman–Crippen MR) is 135 cm³/mol. The van der Waals surface area contributed by atoms with E-state index in [1.54, 1.807) is 47.6 Å². The Labute approximate surface area is 218 Å². The average Bonchev–Trinajstić information content (AvgIpc) is 3.46. The van der Waals surface area contributed by atoms with Crippen molar-refractivity contribution in [2.75, 3.05) is 6.61 Å². The third kappa shape index (κ3) is 5.03. The first-order valence-electron chi connectivity index (χ1n) is 13.1. The molecule has 3 heterocycles. The number of alkyl halides is 3. The average molecular weight is 531 g/mol. The highest BCUT2D eigenvalue weighted by molar-refractivity contribution is 6.03. The number of rotatable bonds is 6. The van der Waals surface area contributed by atoms with E-state index >= 15 is 0 Å². The molecule has 0 spiro atoms. The summed E-state index contributed by atoms with van der Waals surface area (Å²) in [6, 6.07) is 3.54. The molecule has 204 valence electrons. The number of ketones is 1. The van der Waals surface area contributed by atoms with Crippen molar-refractivity contribution in [2.45, 2.75) is 64.3 Å². The number of benzene rings is 1. The molecule has 3 N–H and O–H groups in total.